The first-order valence-corrected chi connectivity index (χ1v) is 7.58. The van der Waals surface area contributed by atoms with Crippen molar-refractivity contribution in [3.05, 3.63) is 29.8 Å². The van der Waals surface area contributed by atoms with Gasteiger partial charge in [-0.15, -0.1) is 0 Å². The zero-order chi connectivity index (χ0) is 14.2. The molecule has 3 saturated carbocycles. The lowest BCUT2D eigenvalue weighted by Gasteiger charge is -2.51. The number of carboxylic acids is 1. The van der Waals surface area contributed by atoms with Crippen molar-refractivity contribution in [3.8, 4) is 0 Å². The summed E-state index contributed by atoms with van der Waals surface area (Å²) < 4.78 is 0. The molecule has 0 aliphatic heterocycles. The average molecular weight is 273 g/mol. The smallest absolute Gasteiger partial charge is 0.309 e. The molecule has 0 spiro atoms. The topological polar surface area (TPSA) is 49.3 Å². The number of carboxylic acid groups (broad SMARTS) is 1. The molecule has 3 aliphatic carbocycles. The second-order valence-electron chi connectivity index (χ2n) is 6.81. The van der Waals surface area contributed by atoms with Gasteiger partial charge in [0.05, 0.1) is 5.41 Å². The van der Waals surface area contributed by atoms with Crippen molar-refractivity contribution < 1.29 is 9.90 Å². The van der Waals surface area contributed by atoms with Crippen molar-refractivity contribution in [2.45, 2.75) is 45.4 Å². The van der Waals surface area contributed by atoms with Gasteiger partial charge in [-0.2, -0.15) is 0 Å². The van der Waals surface area contributed by atoms with Gasteiger partial charge in [-0.05, 0) is 68.6 Å². The minimum atomic E-state index is -0.572. The molecule has 3 aliphatic rings. The number of nitrogens with one attached hydrogen (secondary N) is 1. The van der Waals surface area contributed by atoms with E-state index in [2.05, 4.69) is 36.5 Å². The highest BCUT2D eigenvalue weighted by Crippen LogP contribution is 2.56. The minimum Gasteiger partial charge on any atom is -0.481 e. The van der Waals surface area contributed by atoms with Crippen molar-refractivity contribution in [2.75, 3.05) is 11.9 Å². The summed E-state index contributed by atoms with van der Waals surface area (Å²) in [6.45, 7) is 3.08. The summed E-state index contributed by atoms with van der Waals surface area (Å²) in [5.74, 6) is -0.572. The molecule has 0 amide bonds. The summed E-state index contributed by atoms with van der Waals surface area (Å²) in [6, 6.07) is 8.46. The average Bonchev–Trinajstić information content (AvgIpc) is 2.47. The van der Waals surface area contributed by atoms with Crippen LogP contribution in [0.1, 0.15) is 44.1 Å². The summed E-state index contributed by atoms with van der Waals surface area (Å²) in [6.07, 6.45) is 5.74. The fourth-order valence-electron chi connectivity index (χ4n) is 3.89. The van der Waals surface area contributed by atoms with E-state index in [1.54, 1.807) is 0 Å². The van der Waals surface area contributed by atoms with Crippen LogP contribution >= 0.6 is 0 Å². The summed E-state index contributed by atoms with van der Waals surface area (Å²) in [4.78, 5) is 11.4. The molecule has 0 unspecified atom stereocenters. The molecule has 0 heterocycles. The van der Waals surface area contributed by atoms with Crippen molar-refractivity contribution in [1.29, 1.82) is 0 Å². The Morgan fingerprint density at radius 3 is 2.40 bits per heavy atom. The van der Waals surface area contributed by atoms with Gasteiger partial charge in [-0.3, -0.25) is 4.79 Å². The summed E-state index contributed by atoms with van der Waals surface area (Å²) in [7, 11) is 0. The van der Waals surface area contributed by atoms with Gasteiger partial charge in [0, 0.05) is 12.2 Å². The van der Waals surface area contributed by atoms with Crippen molar-refractivity contribution in [3.63, 3.8) is 0 Å². The number of hydrogen-bond donors (Lipinski definition) is 2. The molecule has 0 saturated heterocycles. The first kappa shape index (κ1) is 13.5. The number of carbonyl (C=O) groups is 1. The Morgan fingerprint density at radius 2 is 1.85 bits per heavy atom. The Morgan fingerprint density at radius 1 is 1.20 bits per heavy atom. The first-order chi connectivity index (χ1) is 9.54. The Bertz CT molecular complexity index is 499. The van der Waals surface area contributed by atoms with Gasteiger partial charge in [-0.25, -0.2) is 0 Å². The lowest BCUT2D eigenvalue weighted by Crippen LogP contribution is -2.48. The molecule has 4 rings (SSSR count). The number of aryl methyl sites for hydroxylation is 1. The molecular weight excluding hydrogens is 250 g/mol. The maximum absolute atomic E-state index is 11.4. The third-order valence-corrected chi connectivity index (χ3v) is 5.54. The molecule has 2 N–H and O–H groups in total. The third-order valence-electron chi connectivity index (χ3n) is 5.54. The molecule has 3 heteroatoms. The third kappa shape index (κ3) is 2.30. The lowest BCUT2D eigenvalue weighted by molar-refractivity contribution is -0.158. The molecule has 1 aromatic rings. The highest BCUT2D eigenvalue weighted by molar-refractivity contribution is 5.75. The second kappa shape index (κ2) is 4.80. The van der Waals surface area contributed by atoms with Gasteiger partial charge in [0.1, 0.15) is 0 Å². The minimum absolute atomic E-state index is 0.320. The Kier molecular flexibility index (Phi) is 3.23. The van der Waals surface area contributed by atoms with Crippen LogP contribution in [0.3, 0.4) is 0 Å². The Labute approximate surface area is 120 Å². The van der Waals surface area contributed by atoms with Crippen LogP contribution in [0.5, 0.6) is 0 Å². The number of hydrogen-bond acceptors (Lipinski definition) is 2. The van der Waals surface area contributed by atoms with E-state index in [1.165, 1.54) is 11.3 Å². The zero-order valence-corrected chi connectivity index (χ0v) is 12.1. The van der Waals surface area contributed by atoms with Crippen LogP contribution in [-0.4, -0.2) is 17.6 Å². The summed E-state index contributed by atoms with van der Waals surface area (Å²) in [5, 5.41) is 13.0. The van der Waals surface area contributed by atoms with Crippen LogP contribution < -0.4 is 5.32 Å². The summed E-state index contributed by atoms with van der Waals surface area (Å²) >= 11 is 0. The number of fused-ring (bicyclic) bond motifs is 3. The van der Waals surface area contributed by atoms with E-state index < -0.39 is 11.4 Å². The molecule has 20 heavy (non-hydrogen) atoms. The van der Waals surface area contributed by atoms with Crippen molar-refractivity contribution in [1.82, 2.24) is 0 Å². The summed E-state index contributed by atoms with van der Waals surface area (Å²) in [5.41, 5.74) is 2.37. The van der Waals surface area contributed by atoms with Crippen LogP contribution in [0.4, 0.5) is 5.69 Å². The fourth-order valence-corrected chi connectivity index (χ4v) is 3.89. The highest BCUT2D eigenvalue weighted by atomic mass is 16.4. The number of rotatable bonds is 4. The predicted molar refractivity (Wildman–Crippen MR) is 79.9 cm³/mol. The molecule has 3 fully saturated rings. The Balaban J connectivity index is 1.64. The van der Waals surface area contributed by atoms with Gasteiger partial charge in [-0.1, -0.05) is 12.1 Å². The molecule has 2 bridgehead atoms. The molecule has 3 nitrogen and oxygen atoms in total. The van der Waals surface area contributed by atoms with E-state index in [9.17, 15) is 9.90 Å². The quantitative estimate of drug-likeness (QED) is 0.876. The molecule has 0 atom stereocenters. The number of aliphatic carboxylic acids is 1. The molecule has 108 valence electrons. The Hall–Kier alpha value is -1.51. The number of anilines is 1. The van der Waals surface area contributed by atoms with Crippen LogP contribution in [-0.2, 0) is 4.79 Å². The SMILES string of the molecule is Cc1cccc(NCC23CCC(C(=O)O)(CC2)CC3)c1. The molecular formula is C17H23NO2. The van der Waals surface area contributed by atoms with Gasteiger partial charge < -0.3 is 10.4 Å². The van der Waals surface area contributed by atoms with Crippen LogP contribution in [0, 0.1) is 17.8 Å². The van der Waals surface area contributed by atoms with Crippen molar-refractivity contribution >= 4 is 11.7 Å². The lowest BCUT2D eigenvalue weighted by atomic mass is 9.53. The van der Waals surface area contributed by atoms with Crippen LogP contribution in [0.2, 0.25) is 0 Å². The highest BCUT2D eigenvalue weighted by Gasteiger charge is 2.52. The zero-order valence-electron chi connectivity index (χ0n) is 12.1. The molecule has 0 radical (unpaired) electrons. The monoisotopic (exact) mass is 273 g/mol. The normalized spacial score (nSPS) is 32.0. The first-order valence-electron chi connectivity index (χ1n) is 7.58. The van der Waals surface area contributed by atoms with Crippen LogP contribution in [0.25, 0.3) is 0 Å². The van der Waals surface area contributed by atoms with Gasteiger partial charge in [0.15, 0.2) is 0 Å². The molecule has 0 aromatic heterocycles. The van der Waals surface area contributed by atoms with E-state index in [0.717, 1.165) is 45.1 Å². The van der Waals surface area contributed by atoms with E-state index in [1.807, 2.05) is 0 Å². The number of benzene rings is 1. The van der Waals surface area contributed by atoms with Gasteiger partial charge >= 0.3 is 5.97 Å². The van der Waals surface area contributed by atoms with Gasteiger partial charge in [0.2, 0.25) is 0 Å². The van der Waals surface area contributed by atoms with Crippen molar-refractivity contribution in [2.24, 2.45) is 10.8 Å². The fraction of sp³-hybridized carbons (Fsp3) is 0.588. The van der Waals surface area contributed by atoms with E-state index in [4.69, 9.17) is 0 Å². The molecule has 1 aromatic carbocycles. The maximum atomic E-state index is 11.4. The largest absolute Gasteiger partial charge is 0.481 e. The van der Waals surface area contributed by atoms with E-state index >= 15 is 0 Å². The second-order valence-corrected chi connectivity index (χ2v) is 6.81. The van der Waals surface area contributed by atoms with Crippen LogP contribution in [0.15, 0.2) is 24.3 Å². The maximum Gasteiger partial charge on any atom is 0.309 e. The van der Waals surface area contributed by atoms with Gasteiger partial charge in [0.25, 0.3) is 0 Å². The van der Waals surface area contributed by atoms with E-state index in [0.29, 0.717) is 5.41 Å². The van der Waals surface area contributed by atoms with E-state index in [-0.39, 0.29) is 0 Å². The predicted octanol–water partition coefficient (Wildman–Crippen LogP) is 3.83. The standard InChI is InChI=1S/C17H23NO2/c1-13-3-2-4-14(11-13)18-12-16-5-8-17(9-6-16,10-7-16)15(19)20/h2-4,11,18H,5-10,12H2,1H3,(H,19,20).